The number of rotatable bonds is 4. The summed E-state index contributed by atoms with van der Waals surface area (Å²) in [5.74, 6) is -0.871. The fourth-order valence-corrected chi connectivity index (χ4v) is 3.34. The van der Waals surface area contributed by atoms with Crippen molar-refractivity contribution < 1.29 is 27.2 Å². The Morgan fingerprint density at radius 2 is 2.07 bits per heavy atom. The maximum absolute atomic E-state index is 12.9. The predicted octanol–water partition coefficient (Wildman–Crippen LogP) is 4.03. The Bertz CT molecular complexity index is 833. The Hall–Kier alpha value is -2.77. The second-order valence-electron chi connectivity index (χ2n) is 6.96. The third-order valence-electron chi connectivity index (χ3n) is 4.92. The van der Waals surface area contributed by atoms with Crippen molar-refractivity contribution in [2.45, 2.75) is 32.0 Å². The van der Waals surface area contributed by atoms with Crippen LogP contribution in [0.15, 0.2) is 47.3 Å². The Labute approximate surface area is 160 Å². The van der Waals surface area contributed by atoms with E-state index >= 15 is 0 Å². The summed E-state index contributed by atoms with van der Waals surface area (Å²) in [6.07, 6.45) is -0.354. The molecule has 1 aliphatic heterocycles. The number of piperidine rings is 1. The van der Waals surface area contributed by atoms with E-state index in [0.717, 1.165) is 12.1 Å². The second kappa shape index (κ2) is 8.08. The van der Waals surface area contributed by atoms with Crippen LogP contribution in [-0.4, -0.2) is 29.8 Å². The quantitative estimate of drug-likeness (QED) is 0.852. The number of benzene rings is 1. The van der Waals surface area contributed by atoms with Gasteiger partial charge in [-0.15, -0.1) is 0 Å². The first kappa shape index (κ1) is 20.0. The first-order chi connectivity index (χ1) is 13.3. The predicted molar refractivity (Wildman–Crippen MR) is 95.3 cm³/mol. The average Bonchev–Trinajstić information content (AvgIpc) is 3.21. The average molecular weight is 394 g/mol. The minimum Gasteiger partial charge on any atom is -0.472 e. The third kappa shape index (κ3) is 4.55. The first-order valence-corrected chi connectivity index (χ1v) is 9.04. The van der Waals surface area contributed by atoms with Gasteiger partial charge in [0.25, 0.3) is 5.91 Å². The number of hydrogen-bond donors (Lipinski definition) is 1. The van der Waals surface area contributed by atoms with Gasteiger partial charge in [-0.2, -0.15) is 13.2 Å². The summed E-state index contributed by atoms with van der Waals surface area (Å²) in [5.41, 5.74) is 0.0596. The molecular weight excluding hydrogens is 373 g/mol. The zero-order valence-corrected chi connectivity index (χ0v) is 15.3. The fraction of sp³-hybridized carbons (Fsp3) is 0.400. The van der Waals surface area contributed by atoms with Crippen molar-refractivity contribution in [1.29, 1.82) is 0 Å². The molecule has 2 heterocycles. The number of carbonyl (C=O) groups excluding carboxylic acids is 2. The molecule has 0 radical (unpaired) electrons. The van der Waals surface area contributed by atoms with Crippen molar-refractivity contribution in [3.63, 3.8) is 0 Å². The number of furan rings is 1. The standard InChI is InChI=1S/C20H21F3N2O3/c1-13(14-4-2-6-17(10-14)20(21,22)23)24-18(26)15-5-3-8-25(11-15)19(27)16-7-9-28-12-16/h2,4,6-7,9-10,12-13,15H,3,5,8,11H2,1H3,(H,24,26)/t13-,15-/m0/s1. The molecule has 2 aromatic rings. The zero-order valence-electron chi connectivity index (χ0n) is 15.3. The number of hydrogen-bond acceptors (Lipinski definition) is 3. The van der Waals surface area contributed by atoms with Gasteiger partial charge in [0.1, 0.15) is 6.26 Å². The van der Waals surface area contributed by atoms with Gasteiger partial charge in [0.15, 0.2) is 0 Å². The molecule has 0 bridgehead atoms. The van der Waals surface area contributed by atoms with Gasteiger partial charge in [-0.1, -0.05) is 12.1 Å². The van der Waals surface area contributed by atoms with Crippen molar-refractivity contribution in [3.05, 3.63) is 59.5 Å². The van der Waals surface area contributed by atoms with Gasteiger partial charge in [-0.05, 0) is 43.5 Å². The maximum Gasteiger partial charge on any atom is 0.416 e. The molecule has 8 heteroatoms. The number of carbonyl (C=O) groups is 2. The van der Waals surface area contributed by atoms with Crippen LogP contribution >= 0.6 is 0 Å². The van der Waals surface area contributed by atoms with E-state index in [1.165, 1.54) is 18.6 Å². The van der Waals surface area contributed by atoms with Crippen LogP contribution in [0.4, 0.5) is 13.2 Å². The monoisotopic (exact) mass is 394 g/mol. The van der Waals surface area contributed by atoms with Crippen LogP contribution < -0.4 is 5.32 Å². The lowest BCUT2D eigenvalue weighted by Gasteiger charge is -2.32. The minimum absolute atomic E-state index is 0.197. The van der Waals surface area contributed by atoms with E-state index in [1.54, 1.807) is 24.0 Å². The zero-order chi connectivity index (χ0) is 20.3. The fourth-order valence-electron chi connectivity index (χ4n) is 3.34. The molecule has 28 heavy (non-hydrogen) atoms. The summed E-state index contributed by atoms with van der Waals surface area (Å²) in [6, 6.07) is 5.92. The van der Waals surface area contributed by atoms with Gasteiger partial charge in [-0.3, -0.25) is 9.59 Å². The molecule has 0 spiro atoms. The van der Waals surface area contributed by atoms with Gasteiger partial charge in [-0.25, -0.2) is 0 Å². The number of alkyl halides is 3. The number of halogens is 3. The van der Waals surface area contributed by atoms with E-state index in [1.807, 2.05) is 0 Å². The van der Waals surface area contributed by atoms with E-state index in [4.69, 9.17) is 4.42 Å². The van der Waals surface area contributed by atoms with Gasteiger partial charge >= 0.3 is 6.18 Å². The molecule has 1 aliphatic rings. The molecule has 0 aliphatic carbocycles. The molecular formula is C20H21F3N2O3. The highest BCUT2D eigenvalue weighted by molar-refractivity contribution is 5.94. The molecule has 1 saturated heterocycles. The van der Waals surface area contributed by atoms with Gasteiger partial charge in [0.2, 0.25) is 5.91 Å². The smallest absolute Gasteiger partial charge is 0.416 e. The Kier molecular flexibility index (Phi) is 5.76. The van der Waals surface area contributed by atoms with Gasteiger partial charge in [0.05, 0.1) is 29.3 Å². The number of likely N-dealkylation sites (tertiary alicyclic amines) is 1. The summed E-state index contributed by atoms with van der Waals surface area (Å²) in [6.45, 7) is 2.47. The first-order valence-electron chi connectivity index (χ1n) is 9.04. The molecule has 0 unspecified atom stereocenters. The van der Waals surface area contributed by atoms with Gasteiger partial charge in [0, 0.05) is 13.1 Å². The molecule has 1 fully saturated rings. The molecule has 3 rings (SSSR count). The highest BCUT2D eigenvalue weighted by atomic mass is 19.4. The van der Waals surface area contributed by atoms with Crippen molar-refractivity contribution >= 4 is 11.8 Å². The molecule has 5 nitrogen and oxygen atoms in total. The van der Waals surface area contributed by atoms with E-state index in [0.29, 0.717) is 30.5 Å². The van der Waals surface area contributed by atoms with Crippen LogP contribution in [0.25, 0.3) is 0 Å². The highest BCUT2D eigenvalue weighted by Crippen LogP contribution is 2.31. The lowest BCUT2D eigenvalue weighted by Crippen LogP contribution is -2.45. The van der Waals surface area contributed by atoms with Crippen molar-refractivity contribution in [2.75, 3.05) is 13.1 Å². The van der Waals surface area contributed by atoms with Gasteiger partial charge < -0.3 is 14.6 Å². The maximum atomic E-state index is 12.9. The largest absolute Gasteiger partial charge is 0.472 e. The minimum atomic E-state index is -4.43. The Morgan fingerprint density at radius 3 is 2.75 bits per heavy atom. The summed E-state index contributed by atoms with van der Waals surface area (Å²) in [4.78, 5) is 26.7. The lowest BCUT2D eigenvalue weighted by molar-refractivity contribution is -0.137. The Balaban J connectivity index is 1.63. The number of nitrogens with one attached hydrogen (secondary N) is 1. The van der Waals surface area contributed by atoms with Crippen molar-refractivity contribution in [1.82, 2.24) is 10.2 Å². The van der Waals surface area contributed by atoms with Crippen LogP contribution in [-0.2, 0) is 11.0 Å². The molecule has 150 valence electrons. The molecule has 1 aromatic carbocycles. The normalized spacial score (nSPS) is 18.6. The van der Waals surface area contributed by atoms with Crippen LogP contribution in [0, 0.1) is 5.92 Å². The molecule has 1 aromatic heterocycles. The summed E-state index contributed by atoms with van der Waals surface area (Å²) >= 11 is 0. The molecule has 1 N–H and O–H groups in total. The van der Waals surface area contributed by atoms with Crippen LogP contribution in [0.2, 0.25) is 0 Å². The Morgan fingerprint density at radius 1 is 1.29 bits per heavy atom. The SMILES string of the molecule is C[C@H](NC(=O)[C@H]1CCCN(C(=O)c2ccoc2)C1)c1cccc(C(F)(F)F)c1. The van der Waals surface area contributed by atoms with E-state index in [-0.39, 0.29) is 18.4 Å². The van der Waals surface area contributed by atoms with Crippen LogP contribution in [0.1, 0.15) is 47.3 Å². The summed E-state index contributed by atoms with van der Waals surface area (Å²) in [7, 11) is 0. The molecule has 2 amide bonds. The van der Waals surface area contributed by atoms with E-state index in [2.05, 4.69) is 5.32 Å². The third-order valence-corrected chi connectivity index (χ3v) is 4.92. The van der Waals surface area contributed by atoms with Crippen LogP contribution in [0.5, 0.6) is 0 Å². The number of amides is 2. The summed E-state index contributed by atoms with van der Waals surface area (Å²) in [5, 5.41) is 2.78. The lowest BCUT2D eigenvalue weighted by atomic mass is 9.95. The van der Waals surface area contributed by atoms with Crippen LogP contribution in [0.3, 0.4) is 0 Å². The highest BCUT2D eigenvalue weighted by Gasteiger charge is 2.32. The molecule has 2 atom stereocenters. The molecule has 0 saturated carbocycles. The van der Waals surface area contributed by atoms with E-state index in [9.17, 15) is 22.8 Å². The van der Waals surface area contributed by atoms with E-state index < -0.39 is 23.7 Å². The second-order valence-corrected chi connectivity index (χ2v) is 6.96. The topological polar surface area (TPSA) is 62.6 Å². The number of nitrogens with zero attached hydrogens (tertiary/aromatic N) is 1. The summed E-state index contributed by atoms with van der Waals surface area (Å²) < 4.78 is 43.6. The van der Waals surface area contributed by atoms with Crippen molar-refractivity contribution in [3.8, 4) is 0 Å². The van der Waals surface area contributed by atoms with Crippen molar-refractivity contribution in [2.24, 2.45) is 5.92 Å².